The number of para-hydroxylation sites is 1. The van der Waals surface area contributed by atoms with Gasteiger partial charge in [-0.15, -0.1) is 0 Å². The summed E-state index contributed by atoms with van der Waals surface area (Å²) in [6.45, 7) is 5.97. The predicted molar refractivity (Wildman–Crippen MR) is 160 cm³/mol. The minimum Gasteiger partial charge on any atom is -0.496 e. The average molecular weight is 585 g/mol. The summed E-state index contributed by atoms with van der Waals surface area (Å²) in [5.74, 6) is 1.03. The van der Waals surface area contributed by atoms with Crippen LogP contribution in [0.3, 0.4) is 0 Å². The Balaban J connectivity index is 1.26. The lowest BCUT2D eigenvalue weighted by Crippen LogP contribution is -2.42. The molecule has 1 N–H and O–H groups in total. The second kappa shape index (κ2) is 12.4. The van der Waals surface area contributed by atoms with Gasteiger partial charge in [0.25, 0.3) is 0 Å². The molecule has 0 atom stereocenters. The van der Waals surface area contributed by atoms with Crippen LogP contribution in [0.4, 0.5) is 0 Å². The smallest absolute Gasteiger partial charge is 0.342 e. The van der Waals surface area contributed by atoms with E-state index in [0.29, 0.717) is 24.2 Å². The molecule has 0 amide bonds. The average Bonchev–Trinajstić information content (AvgIpc) is 3.49. The monoisotopic (exact) mass is 584 g/mol. The molecule has 10 nitrogen and oxygen atoms in total. The maximum atomic E-state index is 11.6. The number of methoxy groups -OCH3 is 2. The van der Waals surface area contributed by atoms with Gasteiger partial charge >= 0.3 is 5.97 Å². The highest BCUT2D eigenvalue weighted by Crippen LogP contribution is 2.37. The van der Waals surface area contributed by atoms with Crippen LogP contribution in [0.2, 0.25) is 0 Å². The molecule has 6 rings (SSSR count). The van der Waals surface area contributed by atoms with E-state index < -0.39 is 5.97 Å². The molecule has 0 bridgehead atoms. The highest BCUT2D eigenvalue weighted by atomic mass is 16.5. The fraction of sp³-hybridized carbons (Fsp3) is 0.364. The van der Waals surface area contributed by atoms with Gasteiger partial charge in [-0.1, -0.05) is 30.3 Å². The Kier molecular flexibility index (Phi) is 8.31. The van der Waals surface area contributed by atoms with Crippen LogP contribution in [0.5, 0.6) is 17.4 Å². The molecule has 2 aromatic heterocycles. The van der Waals surface area contributed by atoms with Gasteiger partial charge in [-0.25, -0.2) is 9.78 Å². The summed E-state index contributed by atoms with van der Waals surface area (Å²) in [5, 5.41) is 13.7. The zero-order chi connectivity index (χ0) is 29.9. The number of pyridine rings is 1. The maximum Gasteiger partial charge on any atom is 0.342 e. The number of rotatable bonds is 9. The standard InChI is InChI=1S/C33H36N4O6/c1-21-6-4-7-26(28-8-5-9-29(35-28)37-32(41-3)27(18-34-37)33(38)39)30(21)43-20-23-11-10-22-19-36(24-13-16-42-17-14-24)15-12-25(22)31(23)40-2/h4-11,18,24H,12-17,19-20H2,1-3H3,(H,38,39). The first-order chi connectivity index (χ1) is 21.0. The SMILES string of the molecule is COc1c(COc2c(C)cccc2-c2cccc(-n3ncc(C(=O)O)c3OC)n2)ccc2c1CCN(C1CCOCC1)C2. The molecular formula is C33H36N4O6. The quantitative estimate of drug-likeness (QED) is 0.288. The lowest BCUT2D eigenvalue weighted by molar-refractivity contribution is 0.0289. The van der Waals surface area contributed by atoms with Crippen LogP contribution in [-0.4, -0.2) is 70.8 Å². The van der Waals surface area contributed by atoms with Crippen LogP contribution < -0.4 is 14.2 Å². The van der Waals surface area contributed by atoms with E-state index >= 15 is 0 Å². The van der Waals surface area contributed by atoms with E-state index in [4.69, 9.17) is 23.9 Å². The molecule has 1 saturated heterocycles. The third kappa shape index (κ3) is 5.68. The van der Waals surface area contributed by atoms with Gasteiger partial charge in [0.2, 0.25) is 5.88 Å². The first-order valence-electron chi connectivity index (χ1n) is 14.5. The Hall–Kier alpha value is -4.41. The molecule has 2 aromatic carbocycles. The molecule has 224 valence electrons. The van der Waals surface area contributed by atoms with Gasteiger partial charge in [0, 0.05) is 49.0 Å². The van der Waals surface area contributed by atoms with Gasteiger partial charge in [0.1, 0.15) is 23.7 Å². The van der Waals surface area contributed by atoms with Crippen LogP contribution in [0.1, 0.15) is 45.5 Å². The van der Waals surface area contributed by atoms with Crippen molar-refractivity contribution in [3.05, 3.63) is 82.5 Å². The number of ether oxygens (including phenoxy) is 4. The number of aromatic nitrogens is 3. The minimum absolute atomic E-state index is 0.0374. The fourth-order valence-electron chi connectivity index (χ4n) is 6.15. The Morgan fingerprint density at radius 3 is 2.63 bits per heavy atom. The summed E-state index contributed by atoms with van der Waals surface area (Å²) < 4.78 is 24.8. The van der Waals surface area contributed by atoms with Crippen molar-refractivity contribution in [3.8, 4) is 34.5 Å². The third-order valence-corrected chi connectivity index (χ3v) is 8.33. The van der Waals surface area contributed by atoms with Gasteiger partial charge in [-0.2, -0.15) is 9.78 Å². The summed E-state index contributed by atoms with van der Waals surface area (Å²) in [6, 6.07) is 16.3. The third-order valence-electron chi connectivity index (χ3n) is 8.33. The largest absolute Gasteiger partial charge is 0.496 e. The van der Waals surface area contributed by atoms with Crippen molar-refractivity contribution in [1.82, 2.24) is 19.7 Å². The Morgan fingerprint density at radius 2 is 1.86 bits per heavy atom. The first-order valence-corrected chi connectivity index (χ1v) is 14.5. The van der Waals surface area contributed by atoms with Crippen molar-refractivity contribution in [2.45, 2.75) is 45.4 Å². The van der Waals surface area contributed by atoms with Crippen LogP contribution >= 0.6 is 0 Å². The van der Waals surface area contributed by atoms with Gasteiger partial charge in [-0.3, -0.25) is 4.90 Å². The van der Waals surface area contributed by atoms with Crippen LogP contribution in [0.15, 0.2) is 54.7 Å². The van der Waals surface area contributed by atoms with Crippen LogP contribution in [0.25, 0.3) is 17.1 Å². The first kappa shape index (κ1) is 28.7. The molecular weight excluding hydrogens is 548 g/mol. The van der Waals surface area contributed by atoms with Gasteiger partial charge in [0.05, 0.1) is 26.1 Å². The van der Waals surface area contributed by atoms with E-state index in [1.54, 1.807) is 13.2 Å². The van der Waals surface area contributed by atoms with Crippen molar-refractivity contribution in [2.75, 3.05) is 34.0 Å². The number of benzene rings is 2. The summed E-state index contributed by atoms with van der Waals surface area (Å²) in [6.07, 6.45) is 4.38. The lowest BCUT2D eigenvalue weighted by Gasteiger charge is -2.38. The number of hydrogen-bond acceptors (Lipinski definition) is 8. The van der Waals surface area contributed by atoms with Crippen LogP contribution in [0, 0.1) is 6.92 Å². The second-order valence-electron chi connectivity index (χ2n) is 10.9. The molecule has 0 unspecified atom stereocenters. The van der Waals surface area contributed by atoms with Crippen molar-refractivity contribution in [2.24, 2.45) is 0 Å². The Labute approximate surface area is 250 Å². The zero-order valence-electron chi connectivity index (χ0n) is 24.7. The molecule has 0 saturated carbocycles. The molecule has 0 radical (unpaired) electrons. The molecule has 2 aliphatic rings. The van der Waals surface area contributed by atoms with Crippen molar-refractivity contribution < 1.29 is 28.8 Å². The van der Waals surface area contributed by atoms with Crippen molar-refractivity contribution >= 4 is 5.97 Å². The van der Waals surface area contributed by atoms with Gasteiger partial charge in [-0.05, 0) is 55.5 Å². The molecule has 4 aromatic rings. The highest BCUT2D eigenvalue weighted by molar-refractivity contribution is 5.90. The number of aromatic carboxylic acids is 1. The fourth-order valence-corrected chi connectivity index (χ4v) is 6.15. The number of aryl methyl sites for hydroxylation is 1. The van der Waals surface area contributed by atoms with E-state index in [1.165, 1.54) is 29.1 Å². The number of carbonyl (C=O) groups is 1. The number of nitrogens with zero attached hydrogens (tertiary/aromatic N) is 4. The van der Waals surface area contributed by atoms with E-state index in [2.05, 4.69) is 22.1 Å². The van der Waals surface area contributed by atoms with E-state index in [-0.39, 0.29) is 11.4 Å². The maximum absolute atomic E-state index is 11.6. The van der Waals surface area contributed by atoms with E-state index in [1.807, 2.05) is 37.3 Å². The summed E-state index contributed by atoms with van der Waals surface area (Å²) in [4.78, 5) is 19.0. The molecule has 0 aliphatic carbocycles. The normalized spacial score (nSPS) is 15.6. The summed E-state index contributed by atoms with van der Waals surface area (Å²) >= 11 is 0. The lowest BCUT2D eigenvalue weighted by atomic mass is 9.93. The van der Waals surface area contributed by atoms with E-state index in [9.17, 15) is 9.90 Å². The van der Waals surface area contributed by atoms with Crippen LogP contribution in [-0.2, 0) is 24.3 Å². The summed E-state index contributed by atoms with van der Waals surface area (Å²) in [7, 11) is 3.14. The minimum atomic E-state index is -1.12. The van der Waals surface area contributed by atoms with Gasteiger partial charge < -0.3 is 24.1 Å². The number of carboxylic acid groups (broad SMARTS) is 1. The number of carboxylic acids is 1. The van der Waals surface area contributed by atoms with Crippen molar-refractivity contribution in [1.29, 1.82) is 0 Å². The topological polar surface area (TPSA) is 108 Å². The predicted octanol–water partition coefficient (Wildman–Crippen LogP) is 5.07. The molecule has 43 heavy (non-hydrogen) atoms. The highest BCUT2D eigenvalue weighted by Gasteiger charge is 2.28. The zero-order valence-corrected chi connectivity index (χ0v) is 24.7. The Bertz CT molecular complexity index is 1630. The molecule has 4 heterocycles. The van der Waals surface area contributed by atoms with Gasteiger partial charge in [0.15, 0.2) is 5.82 Å². The molecule has 0 spiro atoms. The van der Waals surface area contributed by atoms with Crippen molar-refractivity contribution in [3.63, 3.8) is 0 Å². The molecule has 2 aliphatic heterocycles. The summed E-state index contributed by atoms with van der Waals surface area (Å²) in [5.41, 5.74) is 5.99. The molecule has 1 fully saturated rings. The number of hydrogen-bond donors (Lipinski definition) is 1. The molecule has 10 heteroatoms. The second-order valence-corrected chi connectivity index (χ2v) is 10.9. The Morgan fingerprint density at radius 1 is 1.05 bits per heavy atom. The number of fused-ring (bicyclic) bond motifs is 1. The van der Waals surface area contributed by atoms with E-state index in [0.717, 1.165) is 73.8 Å².